The Balaban J connectivity index is 1.45. The average molecular weight is 815 g/mol. The number of nitrogens with two attached hydrogens (primary N) is 1. The largest absolute Gasteiger partial charge is 0.481 e. The van der Waals surface area contributed by atoms with Gasteiger partial charge in [0.15, 0.2) is 12.1 Å². The number of amides is 5. The SMILES string of the molecule is NC1=NC2N=CC(CCc3ccc(C(=O)N[C@H](CCC(=O)N[C@@H](CCC(=O)N[C@H](CCC(=O)N[C@@H](CCC(=O)O)C(=O)O)C(=O)O)C(=O)O)C(=O)O)cc3)=C2C(=O)N1. The number of carbonyl (C=O) groups excluding carboxylic acids is 5. The van der Waals surface area contributed by atoms with Gasteiger partial charge in [-0.25, -0.2) is 24.2 Å². The molecule has 2 aliphatic heterocycles. The van der Waals surface area contributed by atoms with E-state index < -0.39 is 135 Å². The van der Waals surface area contributed by atoms with Crippen LogP contribution in [0, 0.1) is 0 Å². The van der Waals surface area contributed by atoms with E-state index in [1.807, 2.05) is 0 Å². The predicted octanol–water partition coefficient (Wildman–Crippen LogP) is -2.13. The normalized spacial score (nSPS) is 16.3. The minimum absolute atomic E-state index is 0.0195. The van der Waals surface area contributed by atoms with E-state index in [4.69, 9.17) is 15.9 Å². The summed E-state index contributed by atoms with van der Waals surface area (Å²) in [6.45, 7) is 0. The highest BCUT2D eigenvalue weighted by Crippen LogP contribution is 2.25. The Morgan fingerprint density at radius 2 is 1.07 bits per heavy atom. The number of aliphatic imine (C=N–C) groups is 2. The van der Waals surface area contributed by atoms with Crippen LogP contribution in [0.3, 0.4) is 0 Å². The number of carboxylic acids is 5. The first-order valence-electron chi connectivity index (χ1n) is 17.7. The van der Waals surface area contributed by atoms with Crippen LogP contribution in [0.1, 0.15) is 73.7 Å². The molecule has 0 radical (unpaired) electrons. The lowest BCUT2D eigenvalue weighted by Crippen LogP contribution is -2.45. The molecule has 5 amide bonds. The summed E-state index contributed by atoms with van der Waals surface area (Å²) in [5, 5.41) is 57.6. The van der Waals surface area contributed by atoms with Crippen molar-refractivity contribution in [3.8, 4) is 0 Å². The zero-order chi connectivity index (χ0) is 43.1. The molecule has 12 N–H and O–H groups in total. The van der Waals surface area contributed by atoms with Crippen molar-refractivity contribution in [2.45, 2.75) is 94.5 Å². The van der Waals surface area contributed by atoms with Crippen molar-refractivity contribution < 1.29 is 73.5 Å². The van der Waals surface area contributed by atoms with Gasteiger partial charge < -0.3 is 52.5 Å². The molecule has 0 saturated carbocycles. The second-order valence-electron chi connectivity index (χ2n) is 13.0. The van der Waals surface area contributed by atoms with Crippen molar-refractivity contribution in [2.24, 2.45) is 15.7 Å². The molecule has 0 fully saturated rings. The molecule has 0 aromatic heterocycles. The van der Waals surface area contributed by atoms with Crippen LogP contribution in [0.2, 0.25) is 0 Å². The Labute approximate surface area is 328 Å². The number of guanidine groups is 1. The van der Waals surface area contributed by atoms with E-state index >= 15 is 0 Å². The first-order chi connectivity index (χ1) is 27.3. The van der Waals surface area contributed by atoms with Gasteiger partial charge in [0.1, 0.15) is 24.2 Å². The molecule has 312 valence electrons. The Kier molecular flexibility index (Phi) is 16.5. The second-order valence-corrected chi connectivity index (χ2v) is 13.0. The summed E-state index contributed by atoms with van der Waals surface area (Å²) in [5.74, 6) is -11.4. The maximum Gasteiger partial charge on any atom is 0.326 e. The van der Waals surface area contributed by atoms with Crippen LogP contribution in [0.15, 0.2) is 45.4 Å². The van der Waals surface area contributed by atoms with Crippen molar-refractivity contribution in [1.82, 2.24) is 26.6 Å². The van der Waals surface area contributed by atoms with E-state index in [2.05, 4.69) is 36.6 Å². The first kappa shape index (κ1) is 45.2. The topological polar surface area (TPSA) is 383 Å². The van der Waals surface area contributed by atoms with Crippen LogP contribution < -0.4 is 32.3 Å². The van der Waals surface area contributed by atoms with Gasteiger partial charge in [-0.2, -0.15) is 0 Å². The predicted molar refractivity (Wildman–Crippen MR) is 196 cm³/mol. The van der Waals surface area contributed by atoms with Crippen LogP contribution in [-0.4, -0.2) is 127 Å². The van der Waals surface area contributed by atoms with Crippen molar-refractivity contribution >= 4 is 71.6 Å². The average Bonchev–Trinajstić information content (AvgIpc) is 3.56. The number of carboxylic acid groups (broad SMARTS) is 5. The van der Waals surface area contributed by atoms with Gasteiger partial charge in [0.2, 0.25) is 17.7 Å². The van der Waals surface area contributed by atoms with Gasteiger partial charge in [-0.1, -0.05) is 12.1 Å². The van der Waals surface area contributed by atoms with E-state index in [0.717, 1.165) is 5.56 Å². The van der Waals surface area contributed by atoms with Crippen LogP contribution >= 0.6 is 0 Å². The molecule has 0 saturated heterocycles. The molecule has 58 heavy (non-hydrogen) atoms. The van der Waals surface area contributed by atoms with Crippen molar-refractivity contribution in [3.63, 3.8) is 0 Å². The highest BCUT2D eigenvalue weighted by molar-refractivity contribution is 6.12. The van der Waals surface area contributed by atoms with Crippen molar-refractivity contribution in [2.75, 3.05) is 0 Å². The first-order valence-corrected chi connectivity index (χ1v) is 17.7. The van der Waals surface area contributed by atoms with Gasteiger partial charge in [0, 0.05) is 37.5 Å². The van der Waals surface area contributed by atoms with Crippen molar-refractivity contribution in [1.29, 1.82) is 0 Å². The maximum absolute atomic E-state index is 12.8. The monoisotopic (exact) mass is 814 g/mol. The Bertz CT molecular complexity index is 1910. The summed E-state index contributed by atoms with van der Waals surface area (Å²) in [4.78, 5) is 128. The highest BCUT2D eigenvalue weighted by Gasteiger charge is 2.32. The van der Waals surface area contributed by atoms with Gasteiger partial charge in [-0.05, 0) is 61.8 Å². The number of aryl methyl sites for hydroxylation is 1. The van der Waals surface area contributed by atoms with Crippen LogP contribution in [0.5, 0.6) is 0 Å². The third kappa shape index (κ3) is 14.1. The molecule has 0 bridgehead atoms. The number of hydrogen-bond acceptors (Lipinski definition) is 13. The summed E-state index contributed by atoms with van der Waals surface area (Å²) >= 11 is 0. The standard InChI is InChI=1S/C35H42N8O15/c36-35-42-28-27(30(50)43-35)18(15-37-28)6-3-16-1-4-17(5-2-16)29(49)41-22(34(57)58)9-13-25(46)39-20(32(53)54)7-11-23(44)38-19(31(51)52)8-12-24(45)40-21(33(55)56)10-14-26(47)48/h1-2,4-5,15,19-22,28H,3,6-14H2,(H,38,44)(H,39,46)(H,40,45)(H,41,49)(H,47,48)(H,51,52)(H,53,54)(H,55,56)(H,57,58)(H3,36,42,43,50)/t19-,20+,21+,22-,28?/m1/s1. The number of nitrogens with zero attached hydrogens (tertiary/aromatic N) is 2. The smallest absolute Gasteiger partial charge is 0.326 e. The minimum atomic E-state index is -1.66. The van der Waals surface area contributed by atoms with Gasteiger partial charge in [-0.3, -0.25) is 39.1 Å². The molecule has 1 aromatic rings. The molecule has 0 spiro atoms. The molecular weight excluding hydrogens is 772 g/mol. The van der Waals surface area contributed by atoms with Gasteiger partial charge in [0.05, 0.1) is 5.57 Å². The fourth-order valence-corrected chi connectivity index (χ4v) is 5.64. The number of aliphatic carboxylic acids is 5. The summed E-state index contributed by atoms with van der Waals surface area (Å²) in [5.41, 5.74) is 7.56. The molecule has 0 aliphatic carbocycles. The van der Waals surface area contributed by atoms with E-state index in [-0.39, 0.29) is 17.4 Å². The third-order valence-electron chi connectivity index (χ3n) is 8.75. The number of carbonyl (C=O) groups is 10. The zero-order valence-corrected chi connectivity index (χ0v) is 30.6. The van der Waals surface area contributed by atoms with E-state index in [1.165, 1.54) is 12.1 Å². The second kappa shape index (κ2) is 21.2. The van der Waals surface area contributed by atoms with E-state index in [9.17, 15) is 63.3 Å². The van der Waals surface area contributed by atoms with Gasteiger partial charge in [0.25, 0.3) is 11.8 Å². The molecule has 1 unspecified atom stereocenters. The number of fused-ring (bicyclic) bond motifs is 1. The van der Waals surface area contributed by atoms with Crippen LogP contribution in [0.4, 0.5) is 0 Å². The Morgan fingerprint density at radius 1 is 0.638 bits per heavy atom. The summed E-state index contributed by atoms with van der Waals surface area (Å²) in [6, 6.07) is -0.198. The van der Waals surface area contributed by atoms with Crippen LogP contribution in [-0.2, 0) is 49.6 Å². The quantitative estimate of drug-likeness (QED) is 0.0531. The molecule has 5 atom stereocenters. The number of benzene rings is 1. The summed E-state index contributed by atoms with van der Waals surface area (Å²) in [6.07, 6.45) is -2.39. The lowest BCUT2D eigenvalue weighted by molar-refractivity contribution is -0.144. The molecule has 2 heterocycles. The fraction of sp³-hybridized carbons (Fsp3) is 0.429. The van der Waals surface area contributed by atoms with Gasteiger partial charge in [-0.15, -0.1) is 0 Å². The van der Waals surface area contributed by atoms with Crippen molar-refractivity contribution in [3.05, 3.63) is 46.5 Å². The Hall–Kier alpha value is -7.20. The number of rotatable bonds is 24. The molecule has 1 aromatic carbocycles. The lowest BCUT2D eigenvalue weighted by Gasteiger charge is -2.18. The number of hydrogen-bond donors (Lipinski definition) is 11. The Morgan fingerprint density at radius 3 is 1.50 bits per heavy atom. The fourth-order valence-electron chi connectivity index (χ4n) is 5.64. The molecule has 23 nitrogen and oxygen atoms in total. The van der Waals surface area contributed by atoms with Gasteiger partial charge >= 0.3 is 29.8 Å². The molecule has 2 aliphatic rings. The number of nitrogens with one attached hydrogen (secondary N) is 5. The van der Waals surface area contributed by atoms with E-state index in [1.54, 1.807) is 18.3 Å². The molecule has 23 heteroatoms. The summed E-state index contributed by atoms with van der Waals surface area (Å²) < 4.78 is 0. The third-order valence-corrected chi connectivity index (χ3v) is 8.75. The van der Waals surface area contributed by atoms with Crippen LogP contribution in [0.25, 0.3) is 0 Å². The zero-order valence-electron chi connectivity index (χ0n) is 30.6. The molecule has 3 rings (SSSR count). The van der Waals surface area contributed by atoms with E-state index in [0.29, 0.717) is 24.0 Å². The highest BCUT2D eigenvalue weighted by atomic mass is 16.4. The molecular formula is C35H42N8O15. The summed E-state index contributed by atoms with van der Waals surface area (Å²) in [7, 11) is 0. The lowest BCUT2D eigenvalue weighted by atomic mass is 9.99. The minimum Gasteiger partial charge on any atom is -0.481 e. The maximum atomic E-state index is 12.8. The number of allylic oxidation sites excluding steroid dienone is 1.